The van der Waals surface area contributed by atoms with Crippen LogP contribution in [0.2, 0.25) is 0 Å². The molecule has 0 radical (unpaired) electrons. The zero-order valence-electron chi connectivity index (χ0n) is 14.7. The van der Waals surface area contributed by atoms with Crippen molar-refractivity contribution in [1.29, 1.82) is 0 Å². The SMILES string of the molecule is CC[C@@H](C)NC(=O)c1ccc(CNC(=O)/C=C/c2ccccc2)cc1. The fraction of sp³-hybridized carbons (Fsp3) is 0.238. The maximum Gasteiger partial charge on any atom is 0.251 e. The average molecular weight is 336 g/mol. The van der Waals surface area contributed by atoms with Gasteiger partial charge in [0.1, 0.15) is 0 Å². The van der Waals surface area contributed by atoms with Gasteiger partial charge in [-0.05, 0) is 42.7 Å². The van der Waals surface area contributed by atoms with Crippen molar-refractivity contribution in [3.05, 3.63) is 77.4 Å². The highest BCUT2D eigenvalue weighted by Crippen LogP contribution is 2.06. The van der Waals surface area contributed by atoms with Gasteiger partial charge in [-0.3, -0.25) is 9.59 Å². The van der Waals surface area contributed by atoms with Gasteiger partial charge in [-0.2, -0.15) is 0 Å². The van der Waals surface area contributed by atoms with Gasteiger partial charge in [-0.1, -0.05) is 49.4 Å². The zero-order valence-corrected chi connectivity index (χ0v) is 14.7. The molecule has 25 heavy (non-hydrogen) atoms. The summed E-state index contributed by atoms with van der Waals surface area (Å²) < 4.78 is 0. The number of nitrogens with one attached hydrogen (secondary N) is 2. The van der Waals surface area contributed by atoms with Crippen LogP contribution in [0.1, 0.15) is 41.8 Å². The van der Waals surface area contributed by atoms with Crippen molar-refractivity contribution in [2.24, 2.45) is 0 Å². The molecule has 0 aromatic heterocycles. The lowest BCUT2D eigenvalue weighted by atomic mass is 10.1. The molecule has 2 amide bonds. The van der Waals surface area contributed by atoms with Crippen molar-refractivity contribution < 1.29 is 9.59 Å². The van der Waals surface area contributed by atoms with E-state index >= 15 is 0 Å². The highest BCUT2D eigenvalue weighted by atomic mass is 16.2. The van der Waals surface area contributed by atoms with E-state index < -0.39 is 0 Å². The summed E-state index contributed by atoms with van der Waals surface area (Å²) in [7, 11) is 0. The van der Waals surface area contributed by atoms with Crippen LogP contribution in [0.3, 0.4) is 0 Å². The second-order valence-corrected chi connectivity index (χ2v) is 5.94. The zero-order chi connectivity index (χ0) is 18.1. The standard InChI is InChI=1S/C21H24N2O2/c1-3-16(2)23-21(25)19-12-9-18(10-13-19)15-22-20(24)14-11-17-7-5-4-6-8-17/h4-14,16H,3,15H2,1-2H3,(H,22,24)(H,23,25)/b14-11+/t16-/m1/s1. The molecular formula is C21H24N2O2. The van der Waals surface area contributed by atoms with E-state index in [4.69, 9.17) is 0 Å². The summed E-state index contributed by atoms with van der Waals surface area (Å²) in [6.07, 6.45) is 4.19. The van der Waals surface area contributed by atoms with E-state index in [-0.39, 0.29) is 17.9 Å². The van der Waals surface area contributed by atoms with E-state index in [2.05, 4.69) is 10.6 Å². The first kappa shape index (κ1) is 18.5. The van der Waals surface area contributed by atoms with Gasteiger partial charge >= 0.3 is 0 Å². The second-order valence-electron chi connectivity index (χ2n) is 5.94. The number of rotatable bonds is 7. The van der Waals surface area contributed by atoms with Gasteiger partial charge in [0.15, 0.2) is 0 Å². The third-order valence-electron chi connectivity index (χ3n) is 3.90. The molecule has 2 aromatic rings. The van der Waals surface area contributed by atoms with Gasteiger partial charge < -0.3 is 10.6 Å². The van der Waals surface area contributed by atoms with Gasteiger partial charge in [0.05, 0.1) is 0 Å². The Balaban J connectivity index is 1.84. The van der Waals surface area contributed by atoms with Crippen molar-refractivity contribution in [2.75, 3.05) is 0 Å². The Morgan fingerprint density at radius 1 is 1.04 bits per heavy atom. The molecule has 0 unspecified atom stereocenters. The van der Waals surface area contributed by atoms with E-state index in [1.54, 1.807) is 18.2 Å². The number of benzene rings is 2. The molecule has 4 heteroatoms. The number of amides is 2. The summed E-state index contributed by atoms with van der Waals surface area (Å²) >= 11 is 0. The molecule has 0 bridgehead atoms. The van der Waals surface area contributed by atoms with E-state index in [0.29, 0.717) is 12.1 Å². The van der Waals surface area contributed by atoms with Crippen LogP contribution in [0.15, 0.2) is 60.7 Å². The molecule has 1 atom stereocenters. The lowest BCUT2D eigenvalue weighted by molar-refractivity contribution is -0.116. The maximum atomic E-state index is 12.0. The fourth-order valence-corrected chi connectivity index (χ4v) is 2.17. The predicted molar refractivity (Wildman–Crippen MR) is 101 cm³/mol. The van der Waals surface area contributed by atoms with E-state index in [1.165, 1.54) is 6.08 Å². The van der Waals surface area contributed by atoms with Gasteiger partial charge in [0, 0.05) is 24.2 Å². The highest BCUT2D eigenvalue weighted by molar-refractivity contribution is 5.94. The van der Waals surface area contributed by atoms with Crippen LogP contribution < -0.4 is 10.6 Å². The van der Waals surface area contributed by atoms with Crippen LogP contribution in [-0.4, -0.2) is 17.9 Å². The van der Waals surface area contributed by atoms with Crippen molar-refractivity contribution >= 4 is 17.9 Å². The molecule has 0 saturated heterocycles. The summed E-state index contributed by atoms with van der Waals surface area (Å²) in [6.45, 7) is 4.43. The Morgan fingerprint density at radius 2 is 1.72 bits per heavy atom. The molecule has 2 aromatic carbocycles. The number of hydrogen-bond donors (Lipinski definition) is 2. The summed E-state index contributed by atoms with van der Waals surface area (Å²) in [6, 6.07) is 17.1. The van der Waals surface area contributed by atoms with Crippen LogP contribution in [-0.2, 0) is 11.3 Å². The third-order valence-corrected chi connectivity index (χ3v) is 3.90. The number of hydrogen-bond acceptors (Lipinski definition) is 2. The van der Waals surface area contributed by atoms with E-state index in [9.17, 15) is 9.59 Å². The first-order valence-electron chi connectivity index (χ1n) is 8.49. The molecule has 4 nitrogen and oxygen atoms in total. The molecule has 130 valence electrons. The normalized spacial score (nSPS) is 11.9. The molecule has 2 N–H and O–H groups in total. The Morgan fingerprint density at radius 3 is 2.36 bits per heavy atom. The van der Waals surface area contributed by atoms with Gasteiger partial charge in [-0.15, -0.1) is 0 Å². The number of carbonyl (C=O) groups excluding carboxylic acids is 2. The second kappa shape index (κ2) is 9.42. The molecule has 0 aliphatic rings. The minimum absolute atomic E-state index is 0.0734. The number of carbonyl (C=O) groups is 2. The van der Waals surface area contributed by atoms with E-state index in [0.717, 1.165) is 17.5 Å². The quantitative estimate of drug-likeness (QED) is 0.760. The van der Waals surface area contributed by atoms with Crippen LogP contribution in [0.5, 0.6) is 0 Å². The molecule has 0 saturated carbocycles. The topological polar surface area (TPSA) is 58.2 Å². The van der Waals surface area contributed by atoms with Crippen LogP contribution in [0.25, 0.3) is 6.08 Å². The van der Waals surface area contributed by atoms with Gasteiger partial charge in [0.2, 0.25) is 5.91 Å². The maximum absolute atomic E-state index is 12.0. The van der Waals surface area contributed by atoms with Crippen LogP contribution >= 0.6 is 0 Å². The molecule has 0 aliphatic heterocycles. The first-order valence-corrected chi connectivity index (χ1v) is 8.49. The summed E-state index contributed by atoms with van der Waals surface area (Å²) in [4.78, 5) is 23.9. The molecular weight excluding hydrogens is 312 g/mol. The first-order chi connectivity index (χ1) is 12.1. The molecule has 2 rings (SSSR count). The Hall–Kier alpha value is -2.88. The molecule has 0 fully saturated rings. The lowest BCUT2D eigenvalue weighted by Crippen LogP contribution is -2.31. The van der Waals surface area contributed by atoms with Gasteiger partial charge in [-0.25, -0.2) is 0 Å². The minimum Gasteiger partial charge on any atom is -0.350 e. The summed E-state index contributed by atoms with van der Waals surface area (Å²) in [5.74, 6) is -0.224. The molecule has 0 heterocycles. The lowest BCUT2D eigenvalue weighted by Gasteiger charge is -2.11. The smallest absolute Gasteiger partial charge is 0.251 e. The largest absolute Gasteiger partial charge is 0.350 e. The predicted octanol–water partition coefficient (Wildman–Crippen LogP) is 3.54. The highest BCUT2D eigenvalue weighted by Gasteiger charge is 2.08. The summed E-state index contributed by atoms with van der Waals surface area (Å²) in [5.41, 5.74) is 2.55. The van der Waals surface area contributed by atoms with Crippen LogP contribution in [0.4, 0.5) is 0 Å². The Kier molecular flexibility index (Phi) is 6.96. The van der Waals surface area contributed by atoms with Crippen molar-refractivity contribution in [2.45, 2.75) is 32.9 Å². The monoisotopic (exact) mass is 336 g/mol. The third kappa shape index (κ3) is 6.26. The van der Waals surface area contributed by atoms with Crippen LogP contribution in [0, 0.1) is 0 Å². The summed E-state index contributed by atoms with van der Waals surface area (Å²) in [5, 5.41) is 5.76. The minimum atomic E-state index is -0.151. The Bertz CT molecular complexity index is 721. The fourth-order valence-electron chi connectivity index (χ4n) is 2.17. The average Bonchev–Trinajstić information content (AvgIpc) is 2.65. The van der Waals surface area contributed by atoms with Crippen molar-refractivity contribution in [3.63, 3.8) is 0 Å². The molecule has 0 spiro atoms. The van der Waals surface area contributed by atoms with Gasteiger partial charge in [0.25, 0.3) is 5.91 Å². The Labute approximate surface area is 149 Å². The van der Waals surface area contributed by atoms with Crippen molar-refractivity contribution in [3.8, 4) is 0 Å². The van der Waals surface area contributed by atoms with E-state index in [1.807, 2.05) is 56.3 Å². The van der Waals surface area contributed by atoms with Crippen molar-refractivity contribution in [1.82, 2.24) is 10.6 Å². The molecule has 0 aliphatic carbocycles.